The van der Waals surface area contributed by atoms with Crippen LogP contribution in [0.15, 0.2) is 25.3 Å². The third kappa shape index (κ3) is 23.3. The summed E-state index contributed by atoms with van der Waals surface area (Å²) in [6.07, 6.45) is -38.4. The smallest absolute Gasteiger partial charge is 0.756 e. The first-order valence-corrected chi connectivity index (χ1v) is 31.0. The first-order chi connectivity index (χ1) is 45.0. The van der Waals surface area contributed by atoms with E-state index in [1.54, 1.807) is 0 Å². The van der Waals surface area contributed by atoms with E-state index in [1.807, 2.05) is 0 Å². The Balaban J connectivity index is 0.000000510. The molecule has 0 aliphatic carbocycles. The summed E-state index contributed by atoms with van der Waals surface area (Å²) in [5, 5.41) is 104. The van der Waals surface area contributed by atoms with Crippen molar-refractivity contribution in [1.29, 1.82) is 0 Å². The molecule has 44 nitrogen and oxygen atoms in total. The van der Waals surface area contributed by atoms with Crippen LogP contribution in [0.4, 0.5) is 11.6 Å². The molecule has 4 fully saturated rings. The van der Waals surface area contributed by atoms with Crippen LogP contribution in [0.2, 0.25) is 0 Å². The number of hydrogen-bond acceptors (Lipinski definition) is 40. The fraction of sp³-hybridized carbons (Fsp3) is 0.667. The number of nitrogens with two attached hydrogens (primary N) is 2. The van der Waals surface area contributed by atoms with Crippen LogP contribution in [-0.4, -0.2) is 226 Å². The number of aliphatic carboxylic acids is 2. The zero-order valence-corrected chi connectivity index (χ0v) is 60.9. The van der Waals surface area contributed by atoms with Crippen LogP contribution in [0.3, 0.4) is 0 Å². The molecule has 4 aromatic rings. The van der Waals surface area contributed by atoms with E-state index in [4.69, 9.17) is 46.1 Å². The molecule has 0 saturated carbocycles. The number of ether oxygens (including phenoxy) is 6. The molecule has 8 heterocycles. The number of imidazole rings is 2. The molecule has 8 unspecified atom stereocenters. The van der Waals surface area contributed by atoms with Crippen molar-refractivity contribution in [2.45, 2.75) is 138 Å². The third-order valence-electron chi connectivity index (χ3n) is 12.4. The zero-order valence-electron chi connectivity index (χ0n) is 57.3. The predicted octanol–water partition coefficient (Wildman–Crippen LogP) is -20.4. The molecule has 0 aromatic carbocycles. The summed E-state index contributed by atoms with van der Waals surface area (Å²) < 4.78 is 169. The number of anilines is 2. The second kappa shape index (κ2) is 37.0. The molecule has 4 aromatic heterocycles. The van der Waals surface area contributed by atoms with Gasteiger partial charge in [0.1, 0.15) is 84.7 Å². The fourth-order valence-electron chi connectivity index (χ4n) is 8.39. The van der Waals surface area contributed by atoms with Gasteiger partial charge in [0, 0.05) is 35.7 Å². The molecule has 0 bridgehead atoms. The van der Waals surface area contributed by atoms with Crippen molar-refractivity contribution in [3.63, 3.8) is 0 Å². The summed E-state index contributed by atoms with van der Waals surface area (Å²) in [6.45, 7) is -3.19. The number of nitrogens with zero attached hydrogens (tertiary/aromatic N) is 8. The molecule has 52 heteroatoms. The predicted molar refractivity (Wildman–Crippen MR) is 273 cm³/mol. The van der Waals surface area contributed by atoms with Crippen LogP contribution in [0.25, 0.3) is 22.3 Å². The number of aliphatic hydroxyl groups excluding tert-OH is 8. The summed E-state index contributed by atoms with van der Waals surface area (Å²) in [5.74, 6) is -13.0. The Morgan fingerprint density at radius 2 is 0.894 bits per heavy atom. The van der Waals surface area contributed by atoms with E-state index in [0.29, 0.717) is 6.92 Å². The second-order valence-corrected chi connectivity index (χ2v) is 24.9. The van der Waals surface area contributed by atoms with Gasteiger partial charge in [-0.25, -0.2) is 47.7 Å². The SMILES string of the molecule is [2H]C([2H])(C(=O)[O-])C(C)C([2H])([2H])C(=O)O[C@@H]1[C@@H](COP(=O)([O-])OP(=O)(O)OC[C@H]2O[C@@H](n3cnc4c(N)ncnc43)[C@H](O)[C@@H]2O)OC(O)[C@@H]1O.[2H]C([2H])(C(=O)[O-])C(C)C([2H])([2H])C(=O)O[C@H]1C(O)O[C@H](COP(=O)(O)OP(=O)([O-])OC[C@H]2O[C@@H](n3cnc4c(N)ncnc43)[C@H](O)[C@@H]2O)[C@H]1O.[Na+].[Na+].[Na+].[Na+]. The standard InChI is InChI=1S/2C21H31N5O17P2.4Na/c1-8(2-11(27)28)3-12(29)42-17-10(41-21(33)16(17)32)5-39-45(36,37)43-44(34,35)38-4-9-14(30)15(31)20(40-9)26-7-25-13-18(22)23-6-24-19(13)26;1-8(2-11(27)28)3-12(29)42-17-15(31)10(41-21(17)33)5-39-45(36,37)43-44(34,35)38-4-9-14(30)16(32)20(40-9)26-7-25-13-18(22)23-6-24-19(13)26;;;;/h2*6-10,14-17,20-21,30-33H,2-5H2,1H3,(H,27,28)(H,34,35)(H,36,37)(H2,22,23,24);;;;/q;;4*+1/p-4/t2*8?,9-,10-,14-,15-,16-,17-,20-,21?;;;;/m11..../s1/i2*2D2,3D2;;;;. The van der Waals surface area contributed by atoms with E-state index >= 15 is 0 Å². The van der Waals surface area contributed by atoms with Gasteiger partial charge in [-0.3, -0.25) is 36.9 Å². The minimum atomic E-state index is -5.88. The quantitative estimate of drug-likeness (QED) is 0.0143. The molecular formula is C42H58N10Na4O34P4. The normalized spacial score (nSPS) is 32.3. The van der Waals surface area contributed by atoms with E-state index in [2.05, 4.69) is 61.4 Å². The number of phosphoric ester groups is 4. The third-order valence-corrected chi connectivity index (χ3v) is 17.6. The van der Waals surface area contributed by atoms with E-state index < -0.39 is 217 Å². The first kappa shape index (κ1) is 73.8. The Morgan fingerprint density at radius 3 is 1.30 bits per heavy atom. The first-order valence-electron chi connectivity index (χ1n) is 29.1. The molecule has 0 radical (unpaired) electrons. The number of esters is 2. The van der Waals surface area contributed by atoms with Crippen molar-refractivity contribution in [3.8, 4) is 0 Å². The maximum Gasteiger partial charge on any atom is 1.00 e. The van der Waals surface area contributed by atoms with Gasteiger partial charge >= 0.3 is 146 Å². The van der Waals surface area contributed by atoms with Crippen LogP contribution in [0.1, 0.15) is 62.8 Å². The van der Waals surface area contributed by atoms with Crippen molar-refractivity contribution in [3.05, 3.63) is 25.3 Å². The fourth-order valence-corrected chi connectivity index (χ4v) is 12.5. The van der Waals surface area contributed by atoms with Crippen molar-refractivity contribution < 1.29 is 292 Å². The average Bonchev–Trinajstić information content (AvgIpc) is 1.74. The number of rotatable bonds is 28. The van der Waals surface area contributed by atoms with Crippen LogP contribution < -0.4 is 150 Å². The monoisotopic (exact) mass is 1470 g/mol. The van der Waals surface area contributed by atoms with Gasteiger partial charge in [0.25, 0.3) is 15.6 Å². The van der Waals surface area contributed by atoms with Gasteiger partial charge in [-0.15, -0.1) is 0 Å². The number of aliphatic hydroxyl groups is 8. The Hall–Kier alpha value is -1.38. The molecule has 4 aliphatic rings. The van der Waals surface area contributed by atoms with Gasteiger partial charge < -0.3 is 129 Å². The summed E-state index contributed by atoms with van der Waals surface area (Å²) in [4.78, 5) is 115. The average molecular weight is 1470 g/mol. The van der Waals surface area contributed by atoms with Crippen LogP contribution in [-0.2, 0) is 92.6 Å². The Labute approximate surface area is 628 Å². The Morgan fingerprint density at radius 1 is 0.532 bits per heavy atom. The maximum atomic E-state index is 12.5. The number of aromatic nitrogens is 8. The van der Waals surface area contributed by atoms with Crippen molar-refractivity contribution >= 4 is 89.1 Å². The van der Waals surface area contributed by atoms with Crippen molar-refractivity contribution in [1.82, 2.24) is 39.0 Å². The number of hydrogen-bond donors (Lipinski definition) is 12. The molecule has 94 heavy (non-hydrogen) atoms. The minimum absolute atomic E-state index is 0. The van der Waals surface area contributed by atoms with Gasteiger partial charge in [-0.2, -0.15) is 0 Å². The van der Waals surface area contributed by atoms with Gasteiger partial charge in [0.15, 0.2) is 60.2 Å². The molecular weight excluding hydrogens is 1400 g/mol. The van der Waals surface area contributed by atoms with E-state index in [0.717, 1.165) is 32.2 Å². The molecule has 0 spiro atoms. The summed E-state index contributed by atoms with van der Waals surface area (Å²) in [5.41, 5.74) is 11.9. The number of carbonyl (C=O) groups is 4. The van der Waals surface area contributed by atoms with E-state index in [-0.39, 0.29) is 152 Å². The number of carboxylic acids is 2. The van der Waals surface area contributed by atoms with Gasteiger partial charge in [0.2, 0.25) is 0 Å². The molecule has 0 amide bonds. The maximum absolute atomic E-state index is 12.5. The number of nitrogen functional groups attached to an aromatic ring is 2. The molecule has 8 rings (SSSR count). The molecule has 22 atom stereocenters. The largest absolute Gasteiger partial charge is 1.00 e. The van der Waals surface area contributed by atoms with Crippen LogP contribution in [0, 0.1) is 11.8 Å². The zero-order chi connectivity index (χ0) is 73.7. The second-order valence-electron chi connectivity index (χ2n) is 18.9. The minimum Gasteiger partial charge on any atom is -0.756 e. The van der Waals surface area contributed by atoms with Gasteiger partial charge in [-0.1, -0.05) is 13.8 Å². The van der Waals surface area contributed by atoms with Gasteiger partial charge in [-0.05, 0) is 24.6 Å². The van der Waals surface area contributed by atoms with Crippen LogP contribution >= 0.6 is 31.3 Å². The molecule has 14 N–H and O–H groups in total. The Bertz CT molecular complexity index is 3810. The molecule has 4 aliphatic heterocycles. The topological polar surface area (TPSA) is 681 Å². The molecule has 504 valence electrons. The Kier molecular flexibility index (Phi) is 29.1. The summed E-state index contributed by atoms with van der Waals surface area (Å²) in [6, 6.07) is 0. The number of carboxylic acid groups (broad SMARTS) is 2. The number of phosphoric acid groups is 4. The number of carbonyl (C=O) groups excluding carboxylic acids is 4. The summed E-state index contributed by atoms with van der Waals surface area (Å²) in [7, 11) is -22.9. The van der Waals surface area contributed by atoms with Crippen LogP contribution in [0.5, 0.6) is 0 Å². The van der Waals surface area contributed by atoms with Crippen molar-refractivity contribution in [2.75, 3.05) is 37.9 Å². The van der Waals surface area contributed by atoms with E-state index in [9.17, 15) is 108 Å². The number of fused-ring (bicyclic) bond motifs is 2. The van der Waals surface area contributed by atoms with Crippen molar-refractivity contribution in [2.24, 2.45) is 11.8 Å². The summed E-state index contributed by atoms with van der Waals surface area (Å²) >= 11 is 0. The van der Waals surface area contributed by atoms with Gasteiger partial charge in [0.05, 0.1) is 39.1 Å². The molecule has 4 saturated heterocycles. The van der Waals surface area contributed by atoms with E-state index in [1.165, 1.54) is 9.13 Å².